The second kappa shape index (κ2) is 4.74. The van der Waals surface area contributed by atoms with Crippen LogP contribution in [0.3, 0.4) is 0 Å². The molecule has 3 unspecified atom stereocenters. The van der Waals surface area contributed by atoms with Crippen LogP contribution >= 0.6 is 0 Å². The minimum Gasteiger partial charge on any atom is -0.462 e. The zero-order chi connectivity index (χ0) is 15.3. The second-order valence-electron chi connectivity index (χ2n) is 9.12. The summed E-state index contributed by atoms with van der Waals surface area (Å²) < 4.78 is 5.95. The van der Waals surface area contributed by atoms with E-state index in [9.17, 15) is 4.79 Å². The molecule has 0 aliphatic heterocycles. The first-order valence-corrected chi connectivity index (χ1v) is 8.18. The van der Waals surface area contributed by atoms with Gasteiger partial charge >= 0.3 is 5.97 Å². The van der Waals surface area contributed by atoms with Gasteiger partial charge in [0, 0.05) is 0 Å². The average Bonchev–Trinajstić information content (AvgIpc) is 2.88. The van der Waals surface area contributed by atoms with Crippen LogP contribution in [-0.4, -0.2) is 12.1 Å². The Morgan fingerprint density at radius 1 is 0.950 bits per heavy atom. The molecule has 2 aliphatic rings. The topological polar surface area (TPSA) is 26.3 Å². The molecule has 2 rings (SSSR count). The lowest BCUT2D eigenvalue weighted by atomic mass is 9.55. The summed E-state index contributed by atoms with van der Waals surface area (Å²) in [5, 5.41) is 0. The average molecular weight is 280 g/mol. The van der Waals surface area contributed by atoms with Gasteiger partial charge in [-0.1, -0.05) is 34.6 Å². The predicted molar refractivity (Wildman–Crippen MR) is 82.3 cm³/mol. The van der Waals surface area contributed by atoms with Gasteiger partial charge in [0.1, 0.15) is 6.10 Å². The molecule has 0 amide bonds. The standard InChI is InChI=1S/C18H32O2/c1-16(2,3)18(6,7)17(4,5)15(19)20-14-11-12-8-9-13(14)10-12/h12-14H,8-11H2,1-7H3. The zero-order valence-electron chi connectivity index (χ0n) is 14.4. The van der Waals surface area contributed by atoms with E-state index in [-0.39, 0.29) is 22.9 Å². The van der Waals surface area contributed by atoms with Crippen LogP contribution < -0.4 is 0 Å². The van der Waals surface area contributed by atoms with Crippen LogP contribution in [0.15, 0.2) is 0 Å². The Kier molecular flexibility index (Phi) is 3.76. The maximum Gasteiger partial charge on any atom is 0.312 e. The molecule has 2 aliphatic carbocycles. The molecule has 2 saturated carbocycles. The molecule has 2 nitrogen and oxygen atoms in total. The molecule has 0 radical (unpaired) electrons. The lowest BCUT2D eigenvalue weighted by Gasteiger charge is -2.49. The van der Waals surface area contributed by atoms with Gasteiger partial charge in [-0.25, -0.2) is 0 Å². The maximum absolute atomic E-state index is 12.8. The maximum atomic E-state index is 12.8. The Labute approximate surface area is 124 Å². The van der Waals surface area contributed by atoms with Crippen molar-refractivity contribution in [3.63, 3.8) is 0 Å². The largest absolute Gasteiger partial charge is 0.462 e. The molecule has 0 aromatic carbocycles. The Morgan fingerprint density at radius 2 is 1.55 bits per heavy atom. The van der Waals surface area contributed by atoms with Crippen LogP contribution in [0.4, 0.5) is 0 Å². The van der Waals surface area contributed by atoms with Gasteiger partial charge in [-0.3, -0.25) is 4.79 Å². The smallest absolute Gasteiger partial charge is 0.312 e. The Hall–Kier alpha value is -0.530. The highest BCUT2D eigenvalue weighted by Gasteiger charge is 2.52. The normalized spacial score (nSPS) is 30.6. The molecule has 0 aromatic heterocycles. The van der Waals surface area contributed by atoms with Crippen molar-refractivity contribution in [3.05, 3.63) is 0 Å². The quantitative estimate of drug-likeness (QED) is 0.693. The molecule has 20 heavy (non-hydrogen) atoms. The van der Waals surface area contributed by atoms with Crippen molar-refractivity contribution < 1.29 is 9.53 Å². The molecule has 116 valence electrons. The zero-order valence-corrected chi connectivity index (χ0v) is 14.4. The highest BCUT2D eigenvalue weighted by molar-refractivity contribution is 5.77. The second-order valence-corrected chi connectivity index (χ2v) is 9.12. The number of carbonyl (C=O) groups is 1. The number of hydrogen-bond donors (Lipinski definition) is 0. The van der Waals surface area contributed by atoms with Crippen molar-refractivity contribution in [2.24, 2.45) is 28.1 Å². The number of hydrogen-bond acceptors (Lipinski definition) is 2. The number of carbonyl (C=O) groups excluding carboxylic acids is 1. The van der Waals surface area contributed by atoms with E-state index < -0.39 is 5.41 Å². The van der Waals surface area contributed by atoms with E-state index in [1.54, 1.807) is 0 Å². The van der Waals surface area contributed by atoms with E-state index in [0.717, 1.165) is 12.3 Å². The first-order chi connectivity index (χ1) is 8.97. The van der Waals surface area contributed by atoms with E-state index in [2.05, 4.69) is 34.6 Å². The van der Waals surface area contributed by atoms with Crippen molar-refractivity contribution in [3.8, 4) is 0 Å². The summed E-state index contributed by atoms with van der Waals surface area (Å²) in [7, 11) is 0. The van der Waals surface area contributed by atoms with Gasteiger partial charge in [-0.15, -0.1) is 0 Å². The summed E-state index contributed by atoms with van der Waals surface area (Å²) in [4.78, 5) is 12.8. The number of ether oxygens (including phenoxy) is 1. The van der Waals surface area contributed by atoms with Crippen LogP contribution in [0.2, 0.25) is 0 Å². The van der Waals surface area contributed by atoms with Gasteiger partial charge in [-0.2, -0.15) is 0 Å². The fourth-order valence-electron chi connectivity index (χ4n) is 3.81. The fraction of sp³-hybridized carbons (Fsp3) is 0.944. The molecular weight excluding hydrogens is 248 g/mol. The van der Waals surface area contributed by atoms with Crippen LogP contribution in [0.25, 0.3) is 0 Å². The molecule has 0 heterocycles. The first-order valence-electron chi connectivity index (χ1n) is 8.18. The highest BCUT2D eigenvalue weighted by Crippen LogP contribution is 2.53. The molecule has 0 aromatic rings. The van der Waals surface area contributed by atoms with Gasteiger partial charge in [0.05, 0.1) is 5.41 Å². The van der Waals surface area contributed by atoms with E-state index >= 15 is 0 Å². The van der Waals surface area contributed by atoms with Gasteiger partial charge in [-0.05, 0) is 62.2 Å². The molecule has 0 spiro atoms. The van der Waals surface area contributed by atoms with E-state index in [0.29, 0.717) is 5.92 Å². The summed E-state index contributed by atoms with van der Waals surface area (Å²) in [6, 6.07) is 0. The molecular formula is C18H32O2. The molecule has 2 bridgehead atoms. The molecule has 0 N–H and O–H groups in total. The van der Waals surface area contributed by atoms with E-state index in [4.69, 9.17) is 4.74 Å². The minimum atomic E-state index is -0.465. The fourth-order valence-corrected chi connectivity index (χ4v) is 3.81. The van der Waals surface area contributed by atoms with Crippen molar-refractivity contribution in [2.45, 2.75) is 80.3 Å². The third-order valence-corrected chi connectivity index (χ3v) is 6.88. The monoisotopic (exact) mass is 280 g/mol. The van der Waals surface area contributed by atoms with Crippen molar-refractivity contribution in [2.75, 3.05) is 0 Å². The van der Waals surface area contributed by atoms with Crippen LogP contribution in [0.1, 0.15) is 74.1 Å². The summed E-state index contributed by atoms with van der Waals surface area (Å²) in [6.07, 6.45) is 5.17. The number of esters is 1. The number of rotatable bonds is 3. The Morgan fingerprint density at radius 3 is 1.95 bits per heavy atom. The lowest BCUT2D eigenvalue weighted by molar-refractivity contribution is -0.174. The van der Waals surface area contributed by atoms with Gasteiger partial charge in [0.2, 0.25) is 0 Å². The summed E-state index contributed by atoms with van der Waals surface area (Å²) in [5.74, 6) is 1.45. The van der Waals surface area contributed by atoms with Gasteiger partial charge < -0.3 is 4.74 Å². The predicted octanol–water partition coefficient (Wildman–Crippen LogP) is 4.82. The molecule has 3 atom stereocenters. The third-order valence-electron chi connectivity index (χ3n) is 6.88. The van der Waals surface area contributed by atoms with Gasteiger partial charge in [0.25, 0.3) is 0 Å². The summed E-state index contributed by atoms with van der Waals surface area (Å²) >= 11 is 0. The minimum absolute atomic E-state index is 0.00465. The lowest BCUT2D eigenvalue weighted by Crippen LogP contribution is -2.49. The molecule has 0 saturated heterocycles. The van der Waals surface area contributed by atoms with Crippen LogP contribution in [0.5, 0.6) is 0 Å². The highest BCUT2D eigenvalue weighted by atomic mass is 16.5. The number of fused-ring (bicyclic) bond motifs is 2. The SMILES string of the molecule is CC(C)(C)C(C)(C)C(C)(C)C(=O)OC1CC2CCC1C2. The third kappa shape index (κ3) is 2.40. The molecule has 2 fully saturated rings. The van der Waals surface area contributed by atoms with Crippen LogP contribution in [-0.2, 0) is 9.53 Å². The summed E-state index contributed by atoms with van der Waals surface area (Å²) in [5.41, 5.74) is -0.522. The summed E-state index contributed by atoms with van der Waals surface area (Å²) in [6.45, 7) is 15.1. The van der Waals surface area contributed by atoms with Crippen molar-refractivity contribution in [1.29, 1.82) is 0 Å². The van der Waals surface area contributed by atoms with E-state index in [1.807, 2.05) is 13.8 Å². The Bertz CT molecular complexity index is 387. The van der Waals surface area contributed by atoms with Crippen LogP contribution in [0, 0.1) is 28.1 Å². The van der Waals surface area contributed by atoms with Gasteiger partial charge in [0.15, 0.2) is 0 Å². The van der Waals surface area contributed by atoms with Crippen molar-refractivity contribution in [1.82, 2.24) is 0 Å². The Balaban J connectivity index is 2.08. The van der Waals surface area contributed by atoms with Crippen molar-refractivity contribution >= 4 is 5.97 Å². The molecule has 2 heteroatoms. The van der Waals surface area contributed by atoms with E-state index in [1.165, 1.54) is 19.3 Å². The first kappa shape index (κ1) is 15.9.